The highest BCUT2D eigenvalue weighted by molar-refractivity contribution is 5.94. The van der Waals surface area contributed by atoms with E-state index in [1.807, 2.05) is 19.1 Å². The van der Waals surface area contributed by atoms with Gasteiger partial charge in [-0.2, -0.15) is 0 Å². The molecular weight excluding hydrogens is 224 g/mol. The number of anilines is 1. The SMILES string of the molecule is Cc1ccc(C(N)=O)cc1NCC1CC=CCC1. The molecule has 18 heavy (non-hydrogen) atoms. The second-order valence-corrected chi connectivity index (χ2v) is 4.93. The molecule has 0 radical (unpaired) electrons. The number of rotatable bonds is 4. The molecule has 1 amide bonds. The predicted octanol–water partition coefficient (Wildman–Crippen LogP) is 2.86. The van der Waals surface area contributed by atoms with E-state index in [1.165, 1.54) is 12.8 Å². The molecule has 3 heteroatoms. The Bertz CT molecular complexity index is 466. The molecule has 2 rings (SSSR count). The number of amides is 1. The van der Waals surface area contributed by atoms with E-state index >= 15 is 0 Å². The van der Waals surface area contributed by atoms with E-state index in [9.17, 15) is 4.79 Å². The number of carbonyl (C=O) groups is 1. The van der Waals surface area contributed by atoms with Crippen LogP contribution in [0, 0.1) is 12.8 Å². The van der Waals surface area contributed by atoms with Crippen molar-refractivity contribution >= 4 is 11.6 Å². The van der Waals surface area contributed by atoms with Gasteiger partial charge in [0.25, 0.3) is 0 Å². The van der Waals surface area contributed by atoms with Crippen molar-refractivity contribution in [2.75, 3.05) is 11.9 Å². The fourth-order valence-corrected chi connectivity index (χ4v) is 2.26. The van der Waals surface area contributed by atoms with Gasteiger partial charge in [0.2, 0.25) is 5.91 Å². The van der Waals surface area contributed by atoms with Crippen LogP contribution in [0.5, 0.6) is 0 Å². The van der Waals surface area contributed by atoms with Crippen LogP contribution in [-0.4, -0.2) is 12.5 Å². The lowest BCUT2D eigenvalue weighted by atomic mass is 9.94. The summed E-state index contributed by atoms with van der Waals surface area (Å²) in [5.41, 5.74) is 8.02. The van der Waals surface area contributed by atoms with Crippen molar-refractivity contribution in [3.8, 4) is 0 Å². The van der Waals surface area contributed by atoms with E-state index in [0.717, 1.165) is 24.2 Å². The number of nitrogens with two attached hydrogens (primary N) is 1. The van der Waals surface area contributed by atoms with Crippen molar-refractivity contribution in [2.45, 2.75) is 26.2 Å². The number of allylic oxidation sites excluding steroid dienone is 2. The van der Waals surface area contributed by atoms with Gasteiger partial charge in [-0.1, -0.05) is 18.2 Å². The van der Waals surface area contributed by atoms with Crippen LogP contribution in [0.4, 0.5) is 5.69 Å². The summed E-state index contributed by atoms with van der Waals surface area (Å²) in [4.78, 5) is 11.2. The summed E-state index contributed by atoms with van der Waals surface area (Å²) in [7, 11) is 0. The minimum Gasteiger partial charge on any atom is -0.385 e. The molecular formula is C15H20N2O. The summed E-state index contributed by atoms with van der Waals surface area (Å²) in [6.07, 6.45) is 8.05. The van der Waals surface area contributed by atoms with Crippen molar-refractivity contribution in [1.29, 1.82) is 0 Å². The maximum Gasteiger partial charge on any atom is 0.248 e. The van der Waals surface area contributed by atoms with Gasteiger partial charge in [-0.05, 0) is 49.8 Å². The van der Waals surface area contributed by atoms with E-state index < -0.39 is 0 Å². The summed E-state index contributed by atoms with van der Waals surface area (Å²) >= 11 is 0. The number of hydrogen-bond donors (Lipinski definition) is 2. The molecule has 1 aromatic carbocycles. The van der Waals surface area contributed by atoms with E-state index in [4.69, 9.17) is 5.73 Å². The van der Waals surface area contributed by atoms with Gasteiger partial charge in [-0.15, -0.1) is 0 Å². The van der Waals surface area contributed by atoms with Crippen molar-refractivity contribution in [3.63, 3.8) is 0 Å². The zero-order chi connectivity index (χ0) is 13.0. The zero-order valence-electron chi connectivity index (χ0n) is 10.8. The maximum absolute atomic E-state index is 11.2. The summed E-state index contributed by atoms with van der Waals surface area (Å²) in [6.45, 7) is 2.99. The molecule has 0 fully saturated rings. The second-order valence-electron chi connectivity index (χ2n) is 4.93. The molecule has 1 aliphatic rings. The molecule has 0 aliphatic heterocycles. The first kappa shape index (κ1) is 12.7. The third-order valence-corrected chi connectivity index (χ3v) is 3.48. The molecule has 3 N–H and O–H groups in total. The Morgan fingerprint density at radius 3 is 2.94 bits per heavy atom. The fraction of sp³-hybridized carbons (Fsp3) is 0.400. The number of nitrogens with one attached hydrogen (secondary N) is 1. The molecule has 1 unspecified atom stereocenters. The Hall–Kier alpha value is -1.77. The van der Waals surface area contributed by atoms with Crippen LogP contribution in [0.1, 0.15) is 35.2 Å². The molecule has 3 nitrogen and oxygen atoms in total. The molecule has 1 aromatic rings. The summed E-state index contributed by atoms with van der Waals surface area (Å²) < 4.78 is 0. The lowest BCUT2D eigenvalue weighted by molar-refractivity contribution is 0.100. The highest BCUT2D eigenvalue weighted by Gasteiger charge is 2.10. The molecule has 1 atom stereocenters. The molecule has 0 saturated carbocycles. The minimum absolute atomic E-state index is 0.376. The van der Waals surface area contributed by atoms with Crippen molar-refractivity contribution < 1.29 is 4.79 Å². The monoisotopic (exact) mass is 244 g/mol. The molecule has 0 aromatic heterocycles. The van der Waals surface area contributed by atoms with Crippen molar-refractivity contribution in [2.24, 2.45) is 11.7 Å². The Kier molecular flexibility index (Phi) is 4.03. The number of carbonyl (C=O) groups excluding carboxylic acids is 1. The average Bonchev–Trinajstić information content (AvgIpc) is 2.38. The Balaban J connectivity index is 2.01. The Labute approximate surface area is 108 Å². The lowest BCUT2D eigenvalue weighted by Gasteiger charge is -2.20. The number of benzene rings is 1. The summed E-state index contributed by atoms with van der Waals surface area (Å²) in [5, 5.41) is 3.44. The van der Waals surface area contributed by atoms with Crippen LogP contribution < -0.4 is 11.1 Å². The average molecular weight is 244 g/mol. The Morgan fingerprint density at radius 1 is 1.44 bits per heavy atom. The van der Waals surface area contributed by atoms with Gasteiger partial charge in [0, 0.05) is 17.8 Å². The molecule has 0 bridgehead atoms. The molecule has 96 valence electrons. The van der Waals surface area contributed by atoms with Crippen LogP contribution in [0.15, 0.2) is 30.4 Å². The van der Waals surface area contributed by atoms with Gasteiger partial charge in [0.15, 0.2) is 0 Å². The molecule has 0 heterocycles. The summed E-state index contributed by atoms with van der Waals surface area (Å²) in [6, 6.07) is 5.55. The van der Waals surface area contributed by atoms with Gasteiger partial charge < -0.3 is 11.1 Å². The lowest BCUT2D eigenvalue weighted by Crippen LogP contribution is -2.17. The number of aryl methyl sites for hydroxylation is 1. The van der Waals surface area contributed by atoms with E-state index in [1.54, 1.807) is 6.07 Å². The first-order valence-corrected chi connectivity index (χ1v) is 6.46. The zero-order valence-corrected chi connectivity index (χ0v) is 10.8. The summed E-state index contributed by atoms with van der Waals surface area (Å²) in [5.74, 6) is 0.310. The maximum atomic E-state index is 11.2. The largest absolute Gasteiger partial charge is 0.385 e. The Morgan fingerprint density at radius 2 is 2.28 bits per heavy atom. The number of hydrogen-bond acceptors (Lipinski definition) is 2. The van der Waals surface area contributed by atoms with Crippen LogP contribution in [0.25, 0.3) is 0 Å². The second kappa shape index (κ2) is 5.71. The van der Waals surface area contributed by atoms with Crippen LogP contribution in [0.2, 0.25) is 0 Å². The van der Waals surface area contributed by atoms with Gasteiger partial charge >= 0.3 is 0 Å². The van der Waals surface area contributed by atoms with Gasteiger partial charge in [-0.25, -0.2) is 0 Å². The smallest absolute Gasteiger partial charge is 0.248 e. The van der Waals surface area contributed by atoms with Crippen LogP contribution in [-0.2, 0) is 0 Å². The third-order valence-electron chi connectivity index (χ3n) is 3.48. The van der Waals surface area contributed by atoms with Gasteiger partial charge in [-0.3, -0.25) is 4.79 Å². The third kappa shape index (κ3) is 3.13. The van der Waals surface area contributed by atoms with Crippen molar-refractivity contribution in [1.82, 2.24) is 0 Å². The van der Waals surface area contributed by atoms with Crippen LogP contribution >= 0.6 is 0 Å². The van der Waals surface area contributed by atoms with E-state index in [0.29, 0.717) is 11.5 Å². The fourth-order valence-electron chi connectivity index (χ4n) is 2.26. The predicted molar refractivity (Wildman–Crippen MR) is 74.7 cm³/mol. The molecule has 0 saturated heterocycles. The van der Waals surface area contributed by atoms with Gasteiger partial charge in [0.1, 0.15) is 0 Å². The first-order chi connectivity index (χ1) is 8.66. The minimum atomic E-state index is -0.376. The molecule has 1 aliphatic carbocycles. The number of primary amides is 1. The topological polar surface area (TPSA) is 55.1 Å². The van der Waals surface area contributed by atoms with E-state index in [2.05, 4.69) is 17.5 Å². The van der Waals surface area contributed by atoms with Crippen molar-refractivity contribution in [3.05, 3.63) is 41.5 Å². The first-order valence-electron chi connectivity index (χ1n) is 6.46. The van der Waals surface area contributed by atoms with Crippen LogP contribution in [0.3, 0.4) is 0 Å². The van der Waals surface area contributed by atoms with E-state index in [-0.39, 0.29) is 5.91 Å². The quantitative estimate of drug-likeness (QED) is 0.800. The standard InChI is InChI=1S/C15H20N2O/c1-11-7-8-13(15(16)18)9-14(11)17-10-12-5-3-2-4-6-12/h2-3,7-9,12,17H,4-6,10H2,1H3,(H2,16,18). The molecule has 0 spiro atoms. The normalized spacial score (nSPS) is 18.6. The van der Waals surface area contributed by atoms with Gasteiger partial charge in [0.05, 0.1) is 0 Å². The highest BCUT2D eigenvalue weighted by atomic mass is 16.1. The highest BCUT2D eigenvalue weighted by Crippen LogP contribution is 2.21.